The summed E-state index contributed by atoms with van der Waals surface area (Å²) in [5, 5.41) is 5.60. The maximum atomic E-state index is 11.3. The first-order valence-corrected chi connectivity index (χ1v) is 7.27. The van der Waals surface area contributed by atoms with Crippen LogP contribution in [-0.4, -0.2) is 17.0 Å². The molecule has 1 N–H and O–H groups in total. The van der Waals surface area contributed by atoms with Gasteiger partial charge in [-0.2, -0.15) is 5.10 Å². The molecule has 0 aliphatic rings. The maximum Gasteiger partial charge on any atom is 0.204 e. The lowest BCUT2D eigenvalue weighted by Gasteiger charge is -1.97. The van der Waals surface area contributed by atoms with Crippen molar-refractivity contribution in [1.82, 2.24) is 4.98 Å². The monoisotopic (exact) mass is 327 g/mol. The molecule has 0 aliphatic heterocycles. The molecule has 2 rings (SSSR count). The minimum absolute atomic E-state index is 0.00140. The van der Waals surface area contributed by atoms with Gasteiger partial charge in [0.05, 0.1) is 26.8 Å². The van der Waals surface area contributed by atoms with Crippen LogP contribution in [0, 0.1) is 6.92 Å². The van der Waals surface area contributed by atoms with E-state index in [1.165, 1.54) is 18.3 Å². The molecule has 1 heterocycles. The van der Waals surface area contributed by atoms with E-state index >= 15 is 0 Å². The molecule has 104 valence electrons. The number of nitrogens with one attached hydrogen (secondary N) is 1. The van der Waals surface area contributed by atoms with Crippen molar-refractivity contribution in [3.8, 4) is 0 Å². The number of carbonyl (C=O) groups excluding carboxylic acids is 1. The van der Waals surface area contributed by atoms with Gasteiger partial charge in [0.2, 0.25) is 5.13 Å². The number of anilines is 1. The van der Waals surface area contributed by atoms with Gasteiger partial charge in [-0.05, 0) is 24.6 Å². The zero-order valence-corrected chi connectivity index (χ0v) is 13.1. The summed E-state index contributed by atoms with van der Waals surface area (Å²) in [5.74, 6) is 0.00140. The third kappa shape index (κ3) is 3.56. The highest BCUT2D eigenvalue weighted by atomic mass is 35.5. The molecule has 1 aromatic heterocycles. The summed E-state index contributed by atoms with van der Waals surface area (Å²) in [6.45, 7) is 3.31. The van der Waals surface area contributed by atoms with E-state index in [1.807, 2.05) is 0 Å². The number of ketones is 1. The maximum absolute atomic E-state index is 11.3. The summed E-state index contributed by atoms with van der Waals surface area (Å²) < 4.78 is 0. The van der Waals surface area contributed by atoms with E-state index < -0.39 is 0 Å². The average molecular weight is 328 g/mol. The predicted octanol–water partition coefficient (Wildman–Crippen LogP) is 4.41. The predicted molar refractivity (Wildman–Crippen MR) is 84.5 cm³/mol. The molecule has 0 spiro atoms. The van der Waals surface area contributed by atoms with Crippen molar-refractivity contribution in [3.05, 3.63) is 44.4 Å². The normalized spacial score (nSPS) is 11.0. The molecule has 0 fully saturated rings. The lowest BCUT2D eigenvalue weighted by atomic mass is 10.2. The van der Waals surface area contributed by atoms with Gasteiger partial charge in [0.25, 0.3) is 0 Å². The highest BCUT2D eigenvalue weighted by molar-refractivity contribution is 7.17. The topological polar surface area (TPSA) is 54.4 Å². The average Bonchev–Trinajstić information content (AvgIpc) is 2.75. The Bertz CT molecular complexity index is 682. The van der Waals surface area contributed by atoms with Crippen LogP contribution in [0.4, 0.5) is 5.13 Å². The first kappa shape index (κ1) is 15.0. The van der Waals surface area contributed by atoms with Crippen molar-refractivity contribution in [2.75, 3.05) is 5.43 Å². The van der Waals surface area contributed by atoms with E-state index in [0.29, 0.717) is 25.7 Å². The summed E-state index contributed by atoms with van der Waals surface area (Å²) in [6, 6.07) is 5.21. The van der Waals surface area contributed by atoms with Gasteiger partial charge in [-0.25, -0.2) is 4.98 Å². The molecule has 1 aromatic carbocycles. The number of carbonyl (C=O) groups is 1. The summed E-state index contributed by atoms with van der Waals surface area (Å²) in [6.07, 6.45) is 1.60. The number of halogens is 2. The first-order valence-electron chi connectivity index (χ1n) is 5.70. The van der Waals surface area contributed by atoms with E-state index in [-0.39, 0.29) is 5.78 Å². The molecule has 0 saturated carbocycles. The summed E-state index contributed by atoms with van der Waals surface area (Å²) in [5.41, 5.74) is 4.31. The van der Waals surface area contributed by atoms with E-state index in [1.54, 1.807) is 31.3 Å². The van der Waals surface area contributed by atoms with Gasteiger partial charge < -0.3 is 0 Å². The lowest BCUT2D eigenvalue weighted by molar-refractivity contribution is 0.102. The largest absolute Gasteiger partial charge is 0.294 e. The number of thiazole rings is 1. The Morgan fingerprint density at radius 2 is 2.15 bits per heavy atom. The van der Waals surface area contributed by atoms with Crippen molar-refractivity contribution in [2.45, 2.75) is 13.8 Å². The lowest BCUT2D eigenvalue weighted by Crippen LogP contribution is -1.90. The number of rotatable bonds is 4. The third-order valence-corrected chi connectivity index (χ3v) is 4.34. The molecule has 0 aliphatic carbocycles. The Morgan fingerprint density at radius 1 is 1.40 bits per heavy atom. The first-order chi connectivity index (χ1) is 9.47. The minimum Gasteiger partial charge on any atom is -0.294 e. The number of nitrogens with zero attached hydrogens (tertiary/aromatic N) is 2. The van der Waals surface area contributed by atoms with Crippen LogP contribution in [0.3, 0.4) is 0 Å². The molecule has 0 unspecified atom stereocenters. The summed E-state index contributed by atoms with van der Waals surface area (Å²) in [7, 11) is 0. The van der Waals surface area contributed by atoms with Crippen LogP contribution in [-0.2, 0) is 0 Å². The van der Waals surface area contributed by atoms with Gasteiger partial charge >= 0.3 is 0 Å². The van der Waals surface area contributed by atoms with Crippen LogP contribution < -0.4 is 5.43 Å². The van der Waals surface area contributed by atoms with Crippen LogP contribution >= 0.6 is 34.5 Å². The highest BCUT2D eigenvalue weighted by Gasteiger charge is 2.10. The smallest absolute Gasteiger partial charge is 0.204 e. The van der Waals surface area contributed by atoms with Gasteiger partial charge in [0.1, 0.15) is 0 Å². The van der Waals surface area contributed by atoms with E-state index in [9.17, 15) is 4.79 Å². The molecule has 7 heteroatoms. The molecule has 2 aromatic rings. The molecule has 0 saturated heterocycles. The zero-order chi connectivity index (χ0) is 14.7. The number of hydrogen-bond donors (Lipinski definition) is 1. The SMILES string of the molecule is CC(=O)c1sc(N/N=C/c2ccc(Cl)c(Cl)c2)nc1C. The zero-order valence-electron chi connectivity index (χ0n) is 10.8. The van der Waals surface area contributed by atoms with E-state index in [2.05, 4.69) is 15.5 Å². The Morgan fingerprint density at radius 3 is 2.75 bits per heavy atom. The fourth-order valence-corrected chi connectivity index (χ4v) is 2.64. The van der Waals surface area contributed by atoms with Gasteiger partial charge in [-0.3, -0.25) is 10.2 Å². The van der Waals surface area contributed by atoms with E-state index in [4.69, 9.17) is 23.2 Å². The summed E-state index contributed by atoms with van der Waals surface area (Å²) in [4.78, 5) is 16.2. The second-order valence-electron chi connectivity index (χ2n) is 4.03. The van der Waals surface area contributed by atoms with Crippen molar-refractivity contribution in [3.63, 3.8) is 0 Å². The van der Waals surface area contributed by atoms with Gasteiger partial charge in [-0.1, -0.05) is 40.6 Å². The molecule has 20 heavy (non-hydrogen) atoms. The summed E-state index contributed by atoms with van der Waals surface area (Å²) >= 11 is 13.0. The minimum atomic E-state index is 0.00140. The standard InChI is InChI=1S/C13H11Cl2N3OS/c1-7-12(8(2)19)20-13(17-7)18-16-6-9-3-4-10(14)11(15)5-9/h3-6H,1-2H3,(H,17,18)/b16-6+. The number of Topliss-reactive ketones (excluding diaryl/α,β-unsaturated/α-hetero) is 1. The fraction of sp³-hybridized carbons (Fsp3) is 0.154. The molecular weight excluding hydrogens is 317 g/mol. The Kier molecular flexibility index (Phi) is 4.75. The molecule has 0 atom stereocenters. The molecule has 0 radical (unpaired) electrons. The molecule has 0 bridgehead atoms. The van der Waals surface area contributed by atoms with Crippen molar-refractivity contribution < 1.29 is 4.79 Å². The fourth-order valence-electron chi connectivity index (χ4n) is 1.53. The van der Waals surface area contributed by atoms with Gasteiger partial charge in [0.15, 0.2) is 5.78 Å². The highest BCUT2D eigenvalue weighted by Crippen LogP contribution is 2.23. The second-order valence-corrected chi connectivity index (χ2v) is 5.85. The molecular formula is C13H11Cl2N3OS. The van der Waals surface area contributed by atoms with Crippen LogP contribution in [0.15, 0.2) is 23.3 Å². The van der Waals surface area contributed by atoms with Crippen LogP contribution in [0.1, 0.15) is 27.9 Å². The van der Waals surface area contributed by atoms with Crippen molar-refractivity contribution in [2.24, 2.45) is 5.10 Å². The quantitative estimate of drug-likeness (QED) is 0.514. The number of hydrazone groups is 1. The van der Waals surface area contributed by atoms with Gasteiger partial charge in [-0.15, -0.1) is 0 Å². The van der Waals surface area contributed by atoms with Crippen molar-refractivity contribution >= 4 is 51.7 Å². The van der Waals surface area contributed by atoms with Crippen LogP contribution in [0.5, 0.6) is 0 Å². The van der Waals surface area contributed by atoms with Crippen LogP contribution in [0.2, 0.25) is 10.0 Å². The number of aryl methyl sites for hydroxylation is 1. The molecule has 0 amide bonds. The third-order valence-electron chi connectivity index (χ3n) is 2.43. The van der Waals surface area contributed by atoms with E-state index in [0.717, 1.165) is 5.56 Å². The Labute approximate surface area is 130 Å². The van der Waals surface area contributed by atoms with Crippen LogP contribution in [0.25, 0.3) is 0 Å². The Balaban J connectivity index is 2.08. The number of aromatic nitrogens is 1. The van der Waals surface area contributed by atoms with Gasteiger partial charge in [0, 0.05) is 6.92 Å². The number of benzene rings is 1. The Hall–Kier alpha value is -1.43. The van der Waals surface area contributed by atoms with Crippen molar-refractivity contribution in [1.29, 1.82) is 0 Å². The number of hydrogen-bond acceptors (Lipinski definition) is 5. The second kappa shape index (κ2) is 6.35. The molecule has 4 nitrogen and oxygen atoms in total.